The number of rotatable bonds is 5. The Morgan fingerprint density at radius 1 is 1.40 bits per heavy atom. The van der Waals surface area contributed by atoms with Crippen LogP contribution in [0.5, 0.6) is 0 Å². The molecule has 20 heavy (non-hydrogen) atoms. The van der Waals surface area contributed by atoms with Crippen LogP contribution in [0.15, 0.2) is 28.4 Å². The molecular weight excluding hydrogens is 316 g/mol. The summed E-state index contributed by atoms with van der Waals surface area (Å²) in [4.78, 5) is 12.3. The first-order chi connectivity index (χ1) is 9.74. The third-order valence-corrected chi connectivity index (χ3v) is 4.54. The molecule has 0 radical (unpaired) electrons. The summed E-state index contributed by atoms with van der Waals surface area (Å²) in [5.41, 5.74) is 2.30. The molecule has 2 aliphatic carbocycles. The normalized spacial score (nSPS) is 18.8. The molecule has 4 heteroatoms. The summed E-state index contributed by atoms with van der Waals surface area (Å²) in [6.45, 7) is 0.748. The molecule has 1 fully saturated rings. The van der Waals surface area contributed by atoms with E-state index in [1.807, 2.05) is 12.3 Å². The second kappa shape index (κ2) is 6.17. The van der Waals surface area contributed by atoms with E-state index in [9.17, 15) is 4.79 Å². The lowest BCUT2D eigenvalue weighted by Gasteiger charge is -2.13. The van der Waals surface area contributed by atoms with Crippen LogP contribution in [0.4, 0.5) is 0 Å². The highest BCUT2D eigenvalue weighted by Gasteiger charge is 2.27. The summed E-state index contributed by atoms with van der Waals surface area (Å²) in [6, 6.07) is 2.45. The Hall–Kier alpha value is -1.03. The molecule has 2 aliphatic rings. The van der Waals surface area contributed by atoms with Gasteiger partial charge in [-0.05, 0) is 66.9 Å². The number of halogens is 1. The maximum absolute atomic E-state index is 12.3. The lowest BCUT2D eigenvalue weighted by molar-refractivity contribution is 0.0944. The summed E-state index contributed by atoms with van der Waals surface area (Å²) >= 11 is 3.47. The van der Waals surface area contributed by atoms with Gasteiger partial charge in [0.1, 0.15) is 5.69 Å². The minimum Gasteiger partial charge on any atom is -0.350 e. The van der Waals surface area contributed by atoms with Crippen LogP contribution in [-0.4, -0.2) is 17.0 Å². The highest BCUT2D eigenvalue weighted by atomic mass is 79.9. The summed E-state index contributed by atoms with van der Waals surface area (Å²) in [6.07, 6.45) is 12.8. The van der Waals surface area contributed by atoms with E-state index in [0.29, 0.717) is 6.04 Å². The number of hydrogen-bond acceptors (Lipinski definition) is 1. The van der Waals surface area contributed by atoms with Crippen LogP contribution in [0.25, 0.3) is 0 Å². The highest BCUT2D eigenvalue weighted by Crippen LogP contribution is 2.37. The van der Waals surface area contributed by atoms with Crippen molar-refractivity contribution in [3.63, 3.8) is 0 Å². The zero-order valence-corrected chi connectivity index (χ0v) is 13.3. The van der Waals surface area contributed by atoms with Crippen LogP contribution < -0.4 is 5.32 Å². The molecule has 0 unspecified atom stereocenters. The van der Waals surface area contributed by atoms with Gasteiger partial charge < -0.3 is 9.88 Å². The van der Waals surface area contributed by atoms with E-state index in [0.717, 1.165) is 23.1 Å². The molecule has 1 aromatic rings. The van der Waals surface area contributed by atoms with Crippen molar-refractivity contribution in [2.75, 3.05) is 6.54 Å². The number of carbonyl (C=O) groups is 1. The van der Waals surface area contributed by atoms with Gasteiger partial charge in [-0.2, -0.15) is 0 Å². The first-order valence-corrected chi connectivity index (χ1v) is 8.37. The Morgan fingerprint density at radius 3 is 2.95 bits per heavy atom. The fourth-order valence-corrected chi connectivity index (χ4v) is 3.28. The predicted octanol–water partition coefficient (Wildman–Crippen LogP) is 4.21. The summed E-state index contributed by atoms with van der Waals surface area (Å²) in [5.74, 6) is 0.0546. The number of aromatic nitrogens is 1. The molecule has 0 atom stereocenters. The van der Waals surface area contributed by atoms with Crippen molar-refractivity contribution < 1.29 is 4.79 Å². The van der Waals surface area contributed by atoms with E-state index in [-0.39, 0.29) is 5.91 Å². The third-order valence-electron chi connectivity index (χ3n) is 4.10. The quantitative estimate of drug-likeness (QED) is 0.803. The van der Waals surface area contributed by atoms with Gasteiger partial charge in [-0.3, -0.25) is 4.79 Å². The van der Waals surface area contributed by atoms with Crippen molar-refractivity contribution >= 4 is 21.8 Å². The zero-order chi connectivity index (χ0) is 13.9. The Bertz CT molecular complexity index is 529. The maximum Gasteiger partial charge on any atom is 0.267 e. The van der Waals surface area contributed by atoms with Gasteiger partial charge in [0.05, 0.1) is 0 Å². The van der Waals surface area contributed by atoms with E-state index in [1.54, 1.807) is 0 Å². The summed E-state index contributed by atoms with van der Waals surface area (Å²) in [5, 5.41) is 3.06. The molecule has 0 bridgehead atoms. The molecule has 1 saturated carbocycles. The minimum atomic E-state index is 0.0546. The average Bonchev–Trinajstić information content (AvgIpc) is 3.22. The molecule has 0 spiro atoms. The van der Waals surface area contributed by atoms with Crippen LogP contribution in [-0.2, 0) is 0 Å². The van der Waals surface area contributed by atoms with Crippen molar-refractivity contribution in [3.8, 4) is 0 Å². The monoisotopic (exact) mass is 336 g/mol. The number of allylic oxidation sites excluding steroid dienone is 1. The smallest absolute Gasteiger partial charge is 0.267 e. The van der Waals surface area contributed by atoms with Gasteiger partial charge in [-0.15, -0.1) is 0 Å². The molecule has 108 valence electrons. The molecule has 3 rings (SSSR count). The maximum atomic E-state index is 12.3. The molecule has 0 aliphatic heterocycles. The first kappa shape index (κ1) is 13.9. The topological polar surface area (TPSA) is 34.0 Å². The largest absolute Gasteiger partial charge is 0.350 e. The number of carbonyl (C=O) groups excluding carboxylic acids is 1. The van der Waals surface area contributed by atoms with Crippen molar-refractivity contribution in [1.82, 2.24) is 9.88 Å². The molecule has 1 amide bonds. The second-order valence-corrected chi connectivity index (χ2v) is 6.71. The van der Waals surface area contributed by atoms with E-state index in [1.165, 1.54) is 44.1 Å². The van der Waals surface area contributed by atoms with Crippen LogP contribution >= 0.6 is 15.9 Å². The molecule has 0 aromatic carbocycles. The Balaban J connectivity index is 1.55. The predicted molar refractivity (Wildman–Crippen MR) is 83.9 cm³/mol. The van der Waals surface area contributed by atoms with E-state index in [2.05, 4.69) is 31.9 Å². The molecular formula is C16H21BrN2O. The van der Waals surface area contributed by atoms with E-state index >= 15 is 0 Å². The number of amides is 1. The number of hydrogen-bond donors (Lipinski definition) is 1. The fraction of sp³-hybridized carbons (Fsp3) is 0.562. The lowest BCUT2D eigenvalue weighted by Crippen LogP contribution is -2.27. The molecule has 0 saturated heterocycles. The minimum absolute atomic E-state index is 0.0546. The van der Waals surface area contributed by atoms with Gasteiger partial charge in [0.25, 0.3) is 5.91 Å². The van der Waals surface area contributed by atoms with Crippen molar-refractivity contribution in [3.05, 3.63) is 34.1 Å². The molecule has 3 nitrogen and oxygen atoms in total. The van der Waals surface area contributed by atoms with Crippen molar-refractivity contribution in [2.45, 2.75) is 51.0 Å². The summed E-state index contributed by atoms with van der Waals surface area (Å²) < 4.78 is 3.10. The highest BCUT2D eigenvalue weighted by molar-refractivity contribution is 9.10. The Labute approximate surface area is 128 Å². The Morgan fingerprint density at radius 2 is 2.25 bits per heavy atom. The van der Waals surface area contributed by atoms with Gasteiger partial charge in [-0.25, -0.2) is 0 Å². The lowest BCUT2D eigenvalue weighted by atomic mass is 9.97. The van der Waals surface area contributed by atoms with Crippen LogP contribution in [0.3, 0.4) is 0 Å². The van der Waals surface area contributed by atoms with Crippen LogP contribution in [0.1, 0.15) is 61.5 Å². The zero-order valence-electron chi connectivity index (χ0n) is 11.7. The van der Waals surface area contributed by atoms with Gasteiger partial charge in [0, 0.05) is 23.3 Å². The standard InChI is InChI=1S/C16H21BrN2O/c17-13-10-15(19(11-13)14-6-7-14)16(20)18-9-8-12-4-2-1-3-5-12/h4,10-11,14H,1-3,5-9H2,(H,18,20). The number of nitrogens with one attached hydrogen (secondary N) is 1. The van der Waals surface area contributed by atoms with Crippen LogP contribution in [0, 0.1) is 0 Å². The second-order valence-electron chi connectivity index (χ2n) is 5.80. The van der Waals surface area contributed by atoms with Crippen molar-refractivity contribution in [1.29, 1.82) is 0 Å². The molecule has 1 heterocycles. The van der Waals surface area contributed by atoms with Gasteiger partial charge in [0.2, 0.25) is 0 Å². The SMILES string of the molecule is O=C(NCCC1=CCCCC1)c1cc(Br)cn1C1CC1. The number of nitrogens with zero attached hydrogens (tertiary/aromatic N) is 1. The fourth-order valence-electron chi connectivity index (χ4n) is 2.84. The Kier molecular flexibility index (Phi) is 4.29. The van der Waals surface area contributed by atoms with Crippen LogP contribution in [0.2, 0.25) is 0 Å². The van der Waals surface area contributed by atoms with Gasteiger partial charge >= 0.3 is 0 Å². The molecule has 1 aromatic heterocycles. The average molecular weight is 337 g/mol. The van der Waals surface area contributed by atoms with E-state index < -0.39 is 0 Å². The first-order valence-electron chi connectivity index (χ1n) is 7.57. The van der Waals surface area contributed by atoms with E-state index in [4.69, 9.17) is 0 Å². The van der Waals surface area contributed by atoms with Gasteiger partial charge in [-0.1, -0.05) is 11.6 Å². The van der Waals surface area contributed by atoms with Gasteiger partial charge in [0.15, 0.2) is 0 Å². The third kappa shape index (κ3) is 3.35. The summed E-state index contributed by atoms with van der Waals surface area (Å²) in [7, 11) is 0. The van der Waals surface area contributed by atoms with Crippen molar-refractivity contribution in [2.24, 2.45) is 0 Å². The molecule has 1 N–H and O–H groups in total.